The Morgan fingerprint density at radius 3 is 2.45 bits per heavy atom. The van der Waals surface area contributed by atoms with Gasteiger partial charge in [0.25, 0.3) is 0 Å². The van der Waals surface area contributed by atoms with E-state index in [0.717, 1.165) is 43.9 Å². The molecule has 3 atom stereocenters. The molecule has 2 aliphatic rings. The summed E-state index contributed by atoms with van der Waals surface area (Å²) in [5, 5.41) is 17.6. The van der Waals surface area contributed by atoms with Crippen molar-refractivity contribution in [3.8, 4) is 0 Å². The zero-order valence-corrected chi connectivity index (χ0v) is 18.1. The standard InChI is InChI=1S/C22H29F3N4O4/c23-22(24,25)15-3-5-16(6-4-15)27-21(32)28-18-8-7-17(33-19(18)14-30)13-20(31)26-9-12-29-10-1-2-11-29/h3-8,17-19,30H,1-2,9-14H2,(H,26,31)(H2,27,28,32)/t17-,18-,19-/m1/s1. The molecule has 3 rings (SSSR count). The molecule has 8 nitrogen and oxygen atoms in total. The van der Waals surface area contributed by atoms with Crippen LogP contribution in [0.4, 0.5) is 23.7 Å². The van der Waals surface area contributed by atoms with E-state index < -0.39 is 36.0 Å². The number of ether oxygens (including phenoxy) is 1. The summed E-state index contributed by atoms with van der Waals surface area (Å²) >= 11 is 0. The lowest BCUT2D eigenvalue weighted by Crippen LogP contribution is -2.50. The molecule has 0 aromatic heterocycles. The van der Waals surface area contributed by atoms with E-state index in [0.29, 0.717) is 6.54 Å². The minimum Gasteiger partial charge on any atom is -0.394 e. The number of rotatable bonds is 8. The van der Waals surface area contributed by atoms with Crippen LogP contribution in [0.25, 0.3) is 0 Å². The summed E-state index contributed by atoms with van der Waals surface area (Å²) in [6, 6.07) is 2.71. The topological polar surface area (TPSA) is 103 Å². The van der Waals surface area contributed by atoms with Gasteiger partial charge >= 0.3 is 12.2 Å². The van der Waals surface area contributed by atoms with Crippen molar-refractivity contribution in [2.75, 3.05) is 38.1 Å². The van der Waals surface area contributed by atoms with Gasteiger partial charge in [0.05, 0.1) is 30.7 Å². The number of carbonyl (C=O) groups is 2. The van der Waals surface area contributed by atoms with Gasteiger partial charge in [-0.1, -0.05) is 12.2 Å². The van der Waals surface area contributed by atoms with E-state index in [1.165, 1.54) is 12.8 Å². The number of carbonyl (C=O) groups excluding carboxylic acids is 2. The smallest absolute Gasteiger partial charge is 0.394 e. The number of nitrogens with one attached hydrogen (secondary N) is 3. The van der Waals surface area contributed by atoms with E-state index in [2.05, 4.69) is 20.9 Å². The third kappa shape index (κ3) is 7.72. The van der Waals surface area contributed by atoms with Crippen molar-refractivity contribution >= 4 is 17.6 Å². The minimum absolute atomic E-state index is 0.0947. The van der Waals surface area contributed by atoms with Gasteiger partial charge in [0.15, 0.2) is 0 Å². The number of likely N-dealkylation sites (tertiary alicyclic amines) is 1. The molecule has 33 heavy (non-hydrogen) atoms. The molecular weight excluding hydrogens is 441 g/mol. The number of benzene rings is 1. The first-order valence-corrected chi connectivity index (χ1v) is 10.9. The van der Waals surface area contributed by atoms with Crippen molar-refractivity contribution in [2.45, 2.75) is 43.7 Å². The van der Waals surface area contributed by atoms with Gasteiger partial charge in [-0.25, -0.2) is 4.79 Å². The fraction of sp³-hybridized carbons (Fsp3) is 0.545. The van der Waals surface area contributed by atoms with Gasteiger partial charge in [0.2, 0.25) is 5.91 Å². The SMILES string of the molecule is O=C(C[C@H]1C=C[C@@H](NC(=O)Nc2ccc(C(F)(F)F)cc2)[C@@H](CO)O1)NCCN1CCCC1. The van der Waals surface area contributed by atoms with E-state index >= 15 is 0 Å². The number of aliphatic hydroxyl groups excluding tert-OH is 1. The highest BCUT2D eigenvalue weighted by Crippen LogP contribution is 2.29. The monoisotopic (exact) mass is 470 g/mol. The van der Waals surface area contributed by atoms with Gasteiger partial charge in [0, 0.05) is 18.8 Å². The Kier molecular flexibility index (Phi) is 8.70. The van der Waals surface area contributed by atoms with Gasteiger partial charge in [-0.15, -0.1) is 0 Å². The summed E-state index contributed by atoms with van der Waals surface area (Å²) in [5.41, 5.74) is -0.631. The summed E-state index contributed by atoms with van der Waals surface area (Å²) in [6.07, 6.45) is -0.00343. The van der Waals surface area contributed by atoms with Gasteiger partial charge < -0.3 is 30.7 Å². The first kappa shape index (κ1) is 25.0. The van der Waals surface area contributed by atoms with Gasteiger partial charge in [-0.05, 0) is 50.2 Å². The van der Waals surface area contributed by atoms with Crippen LogP contribution in [-0.4, -0.2) is 73.0 Å². The van der Waals surface area contributed by atoms with Gasteiger partial charge in [0.1, 0.15) is 6.10 Å². The van der Waals surface area contributed by atoms with E-state index in [9.17, 15) is 27.9 Å². The highest BCUT2D eigenvalue weighted by Gasteiger charge is 2.31. The van der Waals surface area contributed by atoms with Crippen LogP contribution < -0.4 is 16.0 Å². The summed E-state index contributed by atoms with van der Waals surface area (Å²) in [6.45, 7) is 3.11. The van der Waals surface area contributed by atoms with Crippen LogP contribution in [-0.2, 0) is 15.7 Å². The Balaban J connectivity index is 1.44. The van der Waals surface area contributed by atoms with Crippen LogP contribution in [0.3, 0.4) is 0 Å². The third-order valence-electron chi connectivity index (χ3n) is 5.57. The molecular formula is C22H29F3N4O4. The molecule has 1 aromatic rings. The second kappa shape index (κ2) is 11.5. The number of hydrogen-bond donors (Lipinski definition) is 4. The Morgan fingerprint density at radius 1 is 1.12 bits per heavy atom. The number of aliphatic hydroxyl groups is 1. The molecule has 1 saturated heterocycles. The average Bonchev–Trinajstić information content (AvgIpc) is 3.28. The number of amides is 3. The first-order valence-electron chi connectivity index (χ1n) is 10.9. The van der Waals surface area contributed by atoms with Crippen LogP contribution in [0.2, 0.25) is 0 Å². The molecule has 182 valence electrons. The van der Waals surface area contributed by atoms with Crippen LogP contribution in [0.15, 0.2) is 36.4 Å². The maximum absolute atomic E-state index is 12.6. The van der Waals surface area contributed by atoms with Crippen molar-refractivity contribution in [1.82, 2.24) is 15.5 Å². The Hall–Kier alpha value is -2.63. The summed E-state index contributed by atoms with van der Waals surface area (Å²) in [4.78, 5) is 26.7. The summed E-state index contributed by atoms with van der Waals surface area (Å²) in [7, 11) is 0. The molecule has 4 N–H and O–H groups in total. The number of hydrogen-bond acceptors (Lipinski definition) is 5. The second-order valence-corrected chi connectivity index (χ2v) is 8.08. The molecule has 1 fully saturated rings. The quantitative estimate of drug-likeness (QED) is 0.436. The van der Waals surface area contributed by atoms with Crippen molar-refractivity contribution < 1.29 is 32.6 Å². The van der Waals surface area contributed by atoms with Crippen LogP contribution >= 0.6 is 0 Å². The molecule has 0 bridgehead atoms. The van der Waals surface area contributed by atoms with E-state index in [4.69, 9.17) is 4.74 Å². The number of anilines is 1. The maximum Gasteiger partial charge on any atom is 0.416 e. The third-order valence-corrected chi connectivity index (χ3v) is 5.57. The number of urea groups is 1. The summed E-state index contributed by atoms with van der Waals surface area (Å²) < 4.78 is 43.6. The Morgan fingerprint density at radius 2 is 1.82 bits per heavy atom. The van der Waals surface area contributed by atoms with Crippen LogP contribution in [0.1, 0.15) is 24.8 Å². The number of halogens is 3. The molecule has 0 saturated carbocycles. The molecule has 0 radical (unpaired) electrons. The Labute approximate surface area is 190 Å². The normalized spacial score (nSPS) is 23.3. The number of nitrogens with zero attached hydrogens (tertiary/aromatic N) is 1. The molecule has 11 heteroatoms. The van der Waals surface area contributed by atoms with Crippen molar-refractivity contribution in [3.63, 3.8) is 0 Å². The van der Waals surface area contributed by atoms with Crippen LogP contribution in [0, 0.1) is 0 Å². The fourth-order valence-corrected chi connectivity index (χ4v) is 3.81. The molecule has 0 aliphatic carbocycles. The van der Waals surface area contributed by atoms with E-state index in [1.807, 2.05) is 0 Å². The zero-order chi connectivity index (χ0) is 23.8. The van der Waals surface area contributed by atoms with E-state index in [-0.39, 0.29) is 24.6 Å². The lowest BCUT2D eigenvalue weighted by molar-refractivity contribution is -0.137. The first-order chi connectivity index (χ1) is 15.7. The van der Waals surface area contributed by atoms with Crippen molar-refractivity contribution in [1.29, 1.82) is 0 Å². The zero-order valence-electron chi connectivity index (χ0n) is 18.1. The van der Waals surface area contributed by atoms with Crippen LogP contribution in [0.5, 0.6) is 0 Å². The maximum atomic E-state index is 12.6. The minimum atomic E-state index is -4.46. The van der Waals surface area contributed by atoms with E-state index in [1.54, 1.807) is 12.2 Å². The Bertz CT molecular complexity index is 826. The molecule has 2 aliphatic heterocycles. The van der Waals surface area contributed by atoms with Crippen molar-refractivity contribution in [2.24, 2.45) is 0 Å². The molecule has 3 amide bonds. The highest BCUT2D eigenvalue weighted by molar-refractivity contribution is 5.89. The average molecular weight is 470 g/mol. The predicted molar refractivity (Wildman–Crippen MR) is 116 cm³/mol. The largest absolute Gasteiger partial charge is 0.416 e. The number of alkyl halides is 3. The molecule has 0 unspecified atom stereocenters. The lowest BCUT2D eigenvalue weighted by Gasteiger charge is -2.31. The second-order valence-electron chi connectivity index (χ2n) is 8.08. The molecule has 2 heterocycles. The lowest BCUT2D eigenvalue weighted by atomic mass is 10.0. The molecule has 1 aromatic carbocycles. The van der Waals surface area contributed by atoms with Gasteiger partial charge in [-0.2, -0.15) is 13.2 Å². The highest BCUT2D eigenvalue weighted by atomic mass is 19.4. The van der Waals surface area contributed by atoms with Gasteiger partial charge in [-0.3, -0.25) is 4.79 Å². The predicted octanol–water partition coefficient (Wildman–Crippen LogP) is 2.11. The van der Waals surface area contributed by atoms with Crippen molar-refractivity contribution in [3.05, 3.63) is 42.0 Å². The summed E-state index contributed by atoms with van der Waals surface area (Å²) in [5.74, 6) is -0.160. The molecule has 0 spiro atoms. The fourth-order valence-electron chi connectivity index (χ4n) is 3.81.